The zero-order valence-electron chi connectivity index (χ0n) is 13.0. The molecule has 112 valence electrons. The molecule has 3 nitrogen and oxygen atoms in total. The predicted octanol–water partition coefficient (Wildman–Crippen LogP) is 3.41. The van der Waals surface area contributed by atoms with Crippen LogP contribution in [0.15, 0.2) is 24.3 Å². The molecule has 20 heavy (non-hydrogen) atoms. The maximum Gasteiger partial charge on any atom is 0.260 e. The fourth-order valence-corrected chi connectivity index (χ4v) is 2.37. The summed E-state index contributed by atoms with van der Waals surface area (Å²) in [5, 5.41) is 2.90. The van der Waals surface area contributed by atoms with Gasteiger partial charge in [0.2, 0.25) is 0 Å². The fraction of sp³-hybridized carbons (Fsp3) is 0.562. The van der Waals surface area contributed by atoms with Gasteiger partial charge in [0.05, 0.1) is 0 Å². The number of amides is 1. The molecule has 0 aliphatic heterocycles. The van der Waals surface area contributed by atoms with Gasteiger partial charge in [-0.3, -0.25) is 4.79 Å². The number of ether oxygens (including phenoxy) is 1. The summed E-state index contributed by atoms with van der Waals surface area (Å²) in [7, 11) is 0. The second kappa shape index (κ2) is 7.58. The Kier molecular flexibility index (Phi) is 6.40. The van der Waals surface area contributed by atoms with Crippen molar-refractivity contribution in [2.75, 3.05) is 12.3 Å². The SMILES string of the molecule is Cc1ccc(O[C@@H](C)C(=O)NCCSC(C)(C)C)cc1. The lowest BCUT2D eigenvalue weighted by atomic mass is 10.2. The molecule has 0 spiro atoms. The number of thioether (sulfide) groups is 1. The highest BCUT2D eigenvalue weighted by molar-refractivity contribution is 8.00. The van der Waals surface area contributed by atoms with Crippen molar-refractivity contribution in [1.82, 2.24) is 5.32 Å². The summed E-state index contributed by atoms with van der Waals surface area (Å²) in [6.45, 7) is 11.0. The monoisotopic (exact) mass is 295 g/mol. The molecule has 1 atom stereocenters. The van der Waals surface area contributed by atoms with E-state index in [2.05, 4.69) is 26.1 Å². The van der Waals surface area contributed by atoms with E-state index < -0.39 is 6.10 Å². The second-order valence-electron chi connectivity index (χ2n) is 5.82. The Hall–Kier alpha value is -1.16. The van der Waals surface area contributed by atoms with Crippen LogP contribution in [0.25, 0.3) is 0 Å². The molecule has 0 radical (unpaired) electrons. The van der Waals surface area contributed by atoms with Crippen LogP contribution in [0.3, 0.4) is 0 Å². The Morgan fingerprint density at radius 3 is 2.45 bits per heavy atom. The van der Waals surface area contributed by atoms with E-state index in [1.54, 1.807) is 6.92 Å². The topological polar surface area (TPSA) is 38.3 Å². The summed E-state index contributed by atoms with van der Waals surface area (Å²) >= 11 is 1.84. The van der Waals surface area contributed by atoms with Crippen LogP contribution < -0.4 is 10.1 Å². The van der Waals surface area contributed by atoms with E-state index in [0.29, 0.717) is 6.54 Å². The number of benzene rings is 1. The summed E-state index contributed by atoms with van der Waals surface area (Å²) in [5.41, 5.74) is 1.17. The average Bonchev–Trinajstić information content (AvgIpc) is 2.36. The standard InChI is InChI=1S/C16H25NO2S/c1-12-6-8-14(9-7-12)19-13(2)15(18)17-10-11-20-16(3,4)5/h6-9,13H,10-11H2,1-5H3,(H,17,18)/t13-/m0/s1. The molecule has 4 heteroatoms. The maximum atomic E-state index is 11.9. The molecule has 1 aromatic carbocycles. The van der Waals surface area contributed by atoms with Gasteiger partial charge in [0.15, 0.2) is 6.10 Å². The van der Waals surface area contributed by atoms with Crippen LogP contribution in [0.4, 0.5) is 0 Å². The lowest BCUT2D eigenvalue weighted by molar-refractivity contribution is -0.127. The van der Waals surface area contributed by atoms with Crippen molar-refractivity contribution in [3.8, 4) is 5.75 Å². The zero-order chi connectivity index (χ0) is 15.2. The number of aryl methyl sites for hydroxylation is 1. The number of carbonyl (C=O) groups is 1. The van der Waals surface area contributed by atoms with Crippen LogP contribution in [0.5, 0.6) is 5.75 Å². The molecule has 0 unspecified atom stereocenters. The number of hydrogen-bond donors (Lipinski definition) is 1. The molecule has 0 aliphatic rings. The van der Waals surface area contributed by atoms with Crippen molar-refractivity contribution in [3.63, 3.8) is 0 Å². The number of hydrogen-bond acceptors (Lipinski definition) is 3. The molecule has 1 aromatic rings. The van der Waals surface area contributed by atoms with Gasteiger partial charge >= 0.3 is 0 Å². The van der Waals surface area contributed by atoms with E-state index in [0.717, 1.165) is 11.5 Å². The summed E-state index contributed by atoms with van der Waals surface area (Å²) in [5.74, 6) is 1.56. The van der Waals surface area contributed by atoms with Gasteiger partial charge in [0.1, 0.15) is 5.75 Å². The first kappa shape index (κ1) is 16.9. The summed E-state index contributed by atoms with van der Waals surface area (Å²) in [4.78, 5) is 11.9. The predicted molar refractivity (Wildman–Crippen MR) is 86.5 cm³/mol. The first-order chi connectivity index (χ1) is 9.28. The molecule has 0 aromatic heterocycles. The Morgan fingerprint density at radius 1 is 1.30 bits per heavy atom. The normalized spacial score (nSPS) is 12.8. The van der Waals surface area contributed by atoms with E-state index in [4.69, 9.17) is 4.74 Å². The van der Waals surface area contributed by atoms with E-state index in [-0.39, 0.29) is 10.7 Å². The van der Waals surface area contributed by atoms with Crippen molar-refractivity contribution < 1.29 is 9.53 Å². The molecule has 1 amide bonds. The second-order valence-corrected chi connectivity index (χ2v) is 7.75. The quantitative estimate of drug-likeness (QED) is 0.817. The molecule has 1 N–H and O–H groups in total. The van der Waals surface area contributed by atoms with Gasteiger partial charge in [-0.15, -0.1) is 0 Å². The summed E-state index contributed by atoms with van der Waals surface area (Å²) < 4.78 is 5.84. The van der Waals surface area contributed by atoms with E-state index in [9.17, 15) is 4.79 Å². The van der Waals surface area contributed by atoms with Crippen LogP contribution in [0.1, 0.15) is 33.3 Å². The molecule has 0 bridgehead atoms. The summed E-state index contributed by atoms with van der Waals surface area (Å²) in [6, 6.07) is 7.71. The van der Waals surface area contributed by atoms with Crippen molar-refractivity contribution in [1.29, 1.82) is 0 Å². The first-order valence-electron chi connectivity index (χ1n) is 6.93. The van der Waals surface area contributed by atoms with Gasteiger partial charge in [-0.25, -0.2) is 0 Å². The van der Waals surface area contributed by atoms with E-state index in [1.165, 1.54) is 5.56 Å². The third-order valence-corrected chi connectivity index (χ3v) is 3.91. The van der Waals surface area contributed by atoms with Crippen LogP contribution in [-0.2, 0) is 4.79 Å². The van der Waals surface area contributed by atoms with Gasteiger partial charge in [0.25, 0.3) is 5.91 Å². The molecule has 0 fully saturated rings. The van der Waals surface area contributed by atoms with E-state index >= 15 is 0 Å². The minimum Gasteiger partial charge on any atom is -0.481 e. The number of carbonyl (C=O) groups excluding carboxylic acids is 1. The average molecular weight is 295 g/mol. The van der Waals surface area contributed by atoms with Crippen LogP contribution in [0.2, 0.25) is 0 Å². The maximum absolute atomic E-state index is 11.9. The third kappa shape index (κ3) is 6.85. The highest BCUT2D eigenvalue weighted by atomic mass is 32.2. The highest BCUT2D eigenvalue weighted by Crippen LogP contribution is 2.22. The zero-order valence-corrected chi connectivity index (χ0v) is 13.8. The van der Waals surface area contributed by atoms with E-state index in [1.807, 2.05) is 43.0 Å². The largest absolute Gasteiger partial charge is 0.481 e. The molecule has 0 heterocycles. The summed E-state index contributed by atoms with van der Waals surface area (Å²) in [6.07, 6.45) is -0.475. The lowest BCUT2D eigenvalue weighted by Gasteiger charge is -2.18. The van der Waals surface area contributed by atoms with Gasteiger partial charge < -0.3 is 10.1 Å². The van der Waals surface area contributed by atoms with Crippen LogP contribution >= 0.6 is 11.8 Å². The van der Waals surface area contributed by atoms with Crippen LogP contribution in [-0.4, -0.2) is 29.1 Å². The van der Waals surface area contributed by atoms with Crippen molar-refractivity contribution in [3.05, 3.63) is 29.8 Å². The van der Waals surface area contributed by atoms with Gasteiger partial charge in [-0.1, -0.05) is 38.5 Å². The minimum absolute atomic E-state index is 0.0694. The molecular weight excluding hydrogens is 270 g/mol. The molecule has 0 saturated heterocycles. The van der Waals surface area contributed by atoms with Gasteiger partial charge in [0, 0.05) is 17.0 Å². The minimum atomic E-state index is -0.475. The Labute approximate surface area is 126 Å². The number of rotatable bonds is 6. The Bertz CT molecular complexity index is 423. The third-order valence-electron chi connectivity index (χ3n) is 2.64. The molecule has 0 saturated carbocycles. The molecule has 0 aliphatic carbocycles. The van der Waals surface area contributed by atoms with Gasteiger partial charge in [-0.2, -0.15) is 11.8 Å². The first-order valence-corrected chi connectivity index (χ1v) is 7.91. The van der Waals surface area contributed by atoms with Crippen molar-refractivity contribution >= 4 is 17.7 Å². The van der Waals surface area contributed by atoms with Crippen molar-refractivity contribution in [2.24, 2.45) is 0 Å². The molecule has 1 rings (SSSR count). The molecular formula is C16H25NO2S. The Morgan fingerprint density at radius 2 is 1.90 bits per heavy atom. The van der Waals surface area contributed by atoms with Crippen molar-refractivity contribution in [2.45, 2.75) is 45.5 Å². The lowest BCUT2D eigenvalue weighted by Crippen LogP contribution is -2.37. The Balaban J connectivity index is 2.30. The smallest absolute Gasteiger partial charge is 0.260 e. The van der Waals surface area contributed by atoms with Crippen LogP contribution in [0, 0.1) is 6.92 Å². The van der Waals surface area contributed by atoms with Gasteiger partial charge in [-0.05, 0) is 26.0 Å². The fourth-order valence-electron chi connectivity index (χ4n) is 1.55. The highest BCUT2D eigenvalue weighted by Gasteiger charge is 2.15. The number of nitrogens with one attached hydrogen (secondary N) is 1.